The van der Waals surface area contributed by atoms with Crippen molar-refractivity contribution in [1.82, 2.24) is 15.1 Å². The Morgan fingerprint density at radius 3 is 2.75 bits per heavy atom. The Morgan fingerprint density at radius 2 is 2.15 bits per heavy atom. The van der Waals surface area contributed by atoms with E-state index in [1.54, 1.807) is 13.3 Å². The molecular weight excluding hydrogens is 318 g/mol. The number of hydrogen-bond donors (Lipinski definition) is 1. The maximum absolute atomic E-state index is 5.44. The van der Waals surface area contributed by atoms with Gasteiger partial charge in [0.15, 0.2) is 5.75 Å². The highest BCUT2D eigenvalue weighted by Crippen LogP contribution is 2.31. The molecule has 1 aromatic heterocycles. The van der Waals surface area contributed by atoms with Gasteiger partial charge in [0.05, 0.1) is 19.3 Å². The molecule has 2 rings (SSSR count). The van der Waals surface area contributed by atoms with Crippen LogP contribution in [0.1, 0.15) is 29.8 Å². The number of aryl methyl sites for hydroxylation is 2. The van der Waals surface area contributed by atoms with Gasteiger partial charge in [0, 0.05) is 11.5 Å². The van der Waals surface area contributed by atoms with Crippen LogP contribution in [0.5, 0.6) is 5.75 Å². The third-order valence-electron chi connectivity index (χ3n) is 3.25. The summed E-state index contributed by atoms with van der Waals surface area (Å²) >= 11 is 3.57. The molecule has 4 nitrogen and oxygen atoms in total. The summed E-state index contributed by atoms with van der Waals surface area (Å²) in [5, 5.41) is 7.81. The van der Waals surface area contributed by atoms with E-state index in [4.69, 9.17) is 4.74 Å². The van der Waals surface area contributed by atoms with E-state index in [2.05, 4.69) is 58.4 Å². The van der Waals surface area contributed by atoms with Crippen molar-refractivity contribution in [2.45, 2.75) is 19.9 Å². The van der Waals surface area contributed by atoms with Gasteiger partial charge in [0.25, 0.3) is 0 Å². The fourth-order valence-electron chi connectivity index (χ4n) is 2.42. The van der Waals surface area contributed by atoms with Gasteiger partial charge >= 0.3 is 0 Å². The highest BCUT2D eigenvalue weighted by molar-refractivity contribution is 9.10. The van der Waals surface area contributed by atoms with Gasteiger partial charge in [0.2, 0.25) is 0 Å². The van der Waals surface area contributed by atoms with Gasteiger partial charge < -0.3 is 10.1 Å². The molecule has 1 unspecified atom stereocenters. The summed E-state index contributed by atoms with van der Waals surface area (Å²) in [5.41, 5.74) is 3.45. The lowest BCUT2D eigenvalue weighted by atomic mass is 10.0. The molecule has 0 radical (unpaired) electrons. The average Bonchev–Trinajstić information content (AvgIpc) is 2.76. The molecule has 2 aromatic rings. The fraction of sp³-hybridized carbons (Fsp3) is 0.400. The molecule has 20 heavy (non-hydrogen) atoms. The Hall–Kier alpha value is -1.33. The van der Waals surface area contributed by atoms with Gasteiger partial charge in [0.1, 0.15) is 5.69 Å². The molecule has 0 saturated carbocycles. The number of rotatable bonds is 5. The summed E-state index contributed by atoms with van der Waals surface area (Å²) in [4.78, 5) is 0. The molecule has 0 spiro atoms. The maximum atomic E-state index is 5.44. The molecule has 0 aliphatic rings. The van der Waals surface area contributed by atoms with Crippen molar-refractivity contribution < 1.29 is 4.74 Å². The predicted molar refractivity (Wildman–Crippen MR) is 84.2 cm³/mol. The minimum absolute atomic E-state index is 0.0543. The van der Waals surface area contributed by atoms with Gasteiger partial charge in [-0.25, -0.2) is 0 Å². The quantitative estimate of drug-likeness (QED) is 0.910. The molecule has 108 valence electrons. The third kappa shape index (κ3) is 3.04. The van der Waals surface area contributed by atoms with Crippen molar-refractivity contribution in [2.24, 2.45) is 7.05 Å². The monoisotopic (exact) mass is 337 g/mol. The standard InChI is InChI=1S/C15H20BrN3O/c1-5-17-14(11-6-10(2)7-12(16)8-11)15-13(20-4)9-18-19(15)3/h6-9,14,17H,5H2,1-4H3. The number of halogens is 1. The lowest BCUT2D eigenvalue weighted by molar-refractivity contribution is 0.401. The molecule has 0 fully saturated rings. The Bertz CT molecular complexity index is 575. The molecule has 0 bridgehead atoms. The Morgan fingerprint density at radius 1 is 1.40 bits per heavy atom. The Kier molecular flexibility index (Phi) is 4.83. The third-order valence-corrected chi connectivity index (χ3v) is 3.71. The van der Waals surface area contributed by atoms with E-state index in [1.807, 2.05) is 11.7 Å². The predicted octanol–water partition coefficient (Wildman–Crippen LogP) is 3.20. The van der Waals surface area contributed by atoms with Crippen molar-refractivity contribution in [1.29, 1.82) is 0 Å². The Balaban J connectivity index is 2.52. The maximum Gasteiger partial charge on any atom is 0.161 e. The average molecular weight is 338 g/mol. The molecule has 1 atom stereocenters. The van der Waals surface area contributed by atoms with Gasteiger partial charge in [-0.3, -0.25) is 4.68 Å². The van der Waals surface area contributed by atoms with E-state index >= 15 is 0 Å². The van der Waals surface area contributed by atoms with Crippen molar-refractivity contribution in [3.8, 4) is 5.75 Å². The highest BCUT2D eigenvalue weighted by Gasteiger charge is 2.22. The minimum Gasteiger partial charge on any atom is -0.493 e. The van der Waals surface area contributed by atoms with E-state index < -0.39 is 0 Å². The van der Waals surface area contributed by atoms with Crippen molar-refractivity contribution in [3.63, 3.8) is 0 Å². The summed E-state index contributed by atoms with van der Waals surface area (Å²) < 4.78 is 8.38. The first-order chi connectivity index (χ1) is 9.56. The second-order valence-electron chi connectivity index (χ2n) is 4.77. The number of ether oxygens (including phenoxy) is 1. The van der Waals surface area contributed by atoms with Gasteiger partial charge in [-0.15, -0.1) is 0 Å². The highest BCUT2D eigenvalue weighted by atomic mass is 79.9. The van der Waals surface area contributed by atoms with Crippen LogP contribution in [0, 0.1) is 6.92 Å². The number of methoxy groups -OCH3 is 1. The van der Waals surface area contributed by atoms with E-state index in [0.29, 0.717) is 0 Å². The first-order valence-electron chi connectivity index (χ1n) is 6.63. The minimum atomic E-state index is 0.0543. The first kappa shape index (κ1) is 15.1. The van der Waals surface area contributed by atoms with Crippen LogP contribution in [0.25, 0.3) is 0 Å². The fourth-order valence-corrected chi connectivity index (χ4v) is 3.05. The lowest BCUT2D eigenvalue weighted by Crippen LogP contribution is -2.25. The lowest BCUT2D eigenvalue weighted by Gasteiger charge is -2.20. The number of nitrogens with one attached hydrogen (secondary N) is 1. The number of hydrogen-bond acceptors (Lipinski definition) is 3. The summed E-state index contributed by atoms with van der Waals surface area (Å²) in [6, 6.07) is 6.48. The second kappa shape index (κ2) is 6.41. The molecule has 1 N–H and O–H groups in total. The second-order valence-corrected chi connectivity index (χ2v) is 5.69. The summed E-state index contributed by atoms with van der Waals surface area (Å²) in [6.45, 7) is 5.06. The van der Waals surface area contributed by atoms with Crippen LogP contribution in [0.15, 0.2) is 28.9 Å². The van der Waals surface area contributed by atoms with Gasteiger partial charge in [-0.2, -0.15) is 5.10 Å². The zero-order valence-corrected chi connectivity index (χ0v) is 13.9. The van der Waals surface area contributed by atoms with E-state index in [0.717, 1.165) is 22.5 Å². The zero-order chi connectivity index (χ0) is 14.7. The summed E-state index contributed by atoms with van der Waals surface area (Å²) in [5.74, 6) is 0.802. The largest absolute Gasteiger partial charge is 0.493 e. The van der Waals surface area contributed by atoms with Crippen molar-refractivity contribution >= 4 is 15.9 Å². The van der Waals surface area contributed by atoms with Crippen LogP contribution in [0.3, 0.4) is 0 Å². The first-order valence-corrected chi connectivity index (χ1v) is 7.42. The van der Waals surface area contributed by atoms with Crippen LogP contribution in [-0.4, -0.2) is 23.4 Å². The smallest absolute Gasteiger partial charge is 0.161 e. The summed E-state index contributed by atoms with van der Waals surface area (Å²) in [6.07, 6.45) is 1.75. The molecule has 0 aliphatic carbocycles. The van der Waals surface area contributed by atoms with Gasteiger partial charge in [-0.05, 0) is 36.7 Å². The van der Waals surface area contributed by atoms with Crippen LogP contribution >= 0.6 is 15.9 Å². The molecular formula is C15H20BrN3O. The SMILES string of the molecule is CCNC(c1cc(C)cc(Br)c1)c1c(OC)cnn1C. The van der Waals surface area contributed by atoms with Crippen LogP contribution < -0.4 is 10.1 Å². The molecule has 0 aliphatic heterocycles. The molecule has 0 amide bonds. The molecule has 1 heterocycles. The molecule has 5 heteroatoms. The Labute approximate surface area is 128 Å². The number of aromatic nitrogens is 2. The van der Waals surface area contributed by atoms with Crippen LogP contribution in [0.4, 0.5) is 0 Å². The van der Waals surface area contributed by atoms with E-state index in [9.17, 15) is 0 Å². The molecule has 1 aromatic carbocycles. The topological polar surface area (TPSA) is 39.1 Å². The number of nitrogens with zero attached hydrogens (tertiary/aromatic N) is 2. The van der Waals surface area contributed by atoms with Crippen molar-refractivity contribution in [3.05, 3.63) is 45.7 Å². The molecule has 0 saturated heterocycles. The van der Waals surface area contributed by atoms with Crippen LogP contribution in [0.2, 0.25) is 0 Å². The summed E-state index contributed by atoms with van der Waals surface area (Å²) in [7, 11) is 3.61. The normalized spacial score (nSPS) is 12.4. The van der Waals surface area contributed by atoms with E-state index in [1.165, 1.54) is 11.1 Å². The zero-order valence-electron chi connectivity index (χ0n) is 12.3. The van der Waals surface area contributed by atoms with Crippen molar-refractivity contribution in [2.75, 3.05) is 13.7 Å². The van der Waals surface area contributed by atoms with Gasteiger partial charge in [-0.1, -0.05) is 28.9 Å². The van der Waals surface area contributed by atoms with E-state index in [-0.39, 0.29) is 6.04 Å². The number of benzene rings is 1. The van der Waals surface area contributed by atoms with Crippen LogP contribution in [-0.2, 0) is 7.05 Å².